The molecule has 1 N–H and O–H groups in total. The molecule has 36 heavy (non-hydrogen) atoms. The van der Waals surface area contributed by atoms with Gasteiger partial charge in [-0.1, -0.05) is 45.7 Å². The van der Waals surface area contributed by atoms with E-state index in [2.05, 4.69) is 37.2 Å². The molecular weight excluding hydrogens is 622 g/mol. The third-order valence-corrected chi connectivity index (χ3v) is 6.29. The summed E-state index contributed by atoms with van der Waals surface area (Å²) >= 11 is 12.9. The van der Waals surface area contributed by atoms with Gasteiger partial charge in [0.2, 0.25) is 0 Å². The van der Waals surface area contributed by atoms with Crippen molar-refractivity contribution in [1.82, 2.24) is 5.32 Å². The molecule has 9 nitrogen and oxygen atoms in total. The number of imide groups is 2. The molecule has 1 fully saturated rings. The second-order valence-corrected chi connectivity index (χ2v) is 9.67. The van der Waals surface area contributed by atoms with Gasteiger partial charge in [-0.25, -0.2) is 9.69 Å². The first kappa shape index (κ1) is 25.5. The predicted octanol–water partition coefficient (Wildman–Crippen LogP) is 6.02. The van der Waals surface area contributed by atoms with Crippen molar-refractivity contribution in [1.29, 1.82) is 0 Å². The minimum Gasteiger partial charge on any atom is -0.487 e. The molecule has 1 aliphatic heterocycles. The van der Waals surface area contributed by atoms with E-state index in [0.717, 1.165) is 11.6 Å². The Bertz CT molecular complexity index is 1460. The predicted molar refractivity (Wildman–Crippen MR) is 140 cm³/mol. The number of amides is 4. The molecule has 0 bridgehead atoms. The highest BCUT2D eigenvalue weighted by Crippen LogP contribution is 2.36. The molecular formula is C24H14Br2ClN3O6. The van der Waals surface area contributed by atoms with Crippen LogP contribution in [0.5, 0.6) is 5.75 Å². The summed E-state index contributed by atoms with van der Waals surface area (Å²) in [6, 6.07) is 14.4. The summed E-state index contributed by atoms with van der Waals surface area (Å²) in [5.74, 6) is -1.52. The third-order valence-electron chi connectivity index (χ3n) is 5.01. The number of hydrogen-bond donors (Lipinski definition) is 1. The molecule has 182 valence electrons. The molecule has 1 saturated heterocycles. The molecule has 0 radical (unpaired) electrons. The lowest BCUT2D eigenvalue weighted by molar-refractivity contribution is -0.384. The summed E-state index contributed by atoms with van der Waals surface area (Å²) < 4.78 is 7.15. The van der Waals surface area contributed by atoms with Gasteiger partial charge in [0.1, 0.15) is 17.9 Å². The first-order chi connectivity index (χ1) is 17.1. The van der Waals surface area contributed by atoms with E-state index in [-0.39, 0.29) is 23.6 Å². The van der Waals surface area contributed by atoms with Crippen molar-refractivity contribution in [3.8, 4) is 5.75 Å². The summed E-state index contributed by atoms with van der Waals surface area (Å²) in [6.45, 7) is 0.148. The molecule has 0 aliphatic carbocycles. The number of nitrogens with zero attached hydrogens (tertiary/aromatic N) is 2. The van der Waals surface area contributed by atoms with Crippen molar-refractivity contribution in [2.75, 3.05) is 4.90 Å². The van der Waals surface area contributed by atoms with Gasteiger partial charge in [-0.3, -0.25) is 25.0 Å². The lowest BCUT2D eigenvalue weighted by Gasteiger charge is -2.26. The second-order valence-electron chi connectivity index (χ2n) is 7.46. The number of non-ortho nitro benzene ring substituents is 1. The van der Waals surface area contributed by atoms with Crippen molar-refractivity contribution in [3.05, 3.63) is 101 Å². The van der Waals surface area contributed by atoms with E-state index in [1.807, 2.05) is 6.07 Å². The average Bonchev–Trinajstić information content (AvgIpc) is 2.81. The van der Waals surface area contributed by atoms with E-state index in [1.165, 1.54) is 24.3 Å². The first-order valence-corrected chi connectivity index (χ1v) is 12.1. The zero-order valence-corrected chi connectivity index (χ0v) is 22.0. The number of nitro benzene ring substituents is 1. The zero-order chi connectivity index (χ0) is 26.0. The third kappa shape index (κ3) is 5.48. The molecule has 3 aromatic rings. The van der Waals surface area contributed by atoms with E-state index in [9.17, 15) is 24.5 Å². The van der Waals surface area contributed by atoms with Crippen LogP contribution >= 0.6 is 43.5 Å². The minimum atomic E-state index is -1.02. The van der Waals surface area contributed by atoms with Crippen LogP contribution in [0, 0.1) is 10.1 Å². The highest BCUT2D eigenvalue weighted by atomic mass is 79.9. The maximum atomic E-state index is 13.3. The molecule has 1 aliphatic rings. The number of benzene rings is 3. The highest BCUT2D eigenvalue weighted by Gasteiger charge is 2.37. The molecule has 0 unspecified atom stereocenters. The molecule has 4 amide bonds. The fraction of sp³-hybridized carbons (Fsp3) is 0.0417. The van der Waals surface area contributed by atoms with Crippen LogP contribution in [-0.2, 0) is 16.2 Å². The van der Waals surface area contributed by atoms with Crippen LogP contribution in [0.3, 0.4) is 0 Å². The Balaban J connectivity index is 1.72. The van der Waals surface area contributed by atoms with Gasteiger partial charge in [0, 0.05) is 27.2 Å². The van der Waals surface area contributed by atoms with E-state index < -0.39 is 22.8 Å². The fourth-order valence-electron chi connectivity index (χ4n) is 3.42. The van der Waals surface area contributed by atoms with Gasteiger partial charge in [-0.2, -0.15) is 0 Å². The quantitative estimate of drug-likeness (QED) is 0.153. The maximum Gasteiger partial charge on any atom is 0.335 e. The summed E-state index contributed by atoms with van der Waals surface area (Å²) in [4.78, 5) is 49.5. The molecule has 12 heteroatoms. The fourth-order valence-corrected chi connectivity index (χ4v) is 5.00. The number of anilines is 1. The molecule has 0 aromatic heterocycles. The Labute approximate surface area is 226 Å². The van der Waals surface area contributed by atoms with E-state index in [4.69, 9.17) is 16.3 Å². The molecule has 0 atom stereocenters. The smallest absolute Gasteiger partial charge is 0.335 e. The van der Waals surface area contributed by atoms with Crippen LogP contribution in [0.2, 0.25) is 5.02 Å². The number of carbonyl (C=O) groups is 3. The lowest BCUT2D eigenvalue weighted by Crippen LogP contribution is -2.54. The lowest BCUT2D eigenvalue weighted by atomic mass is 10.1. The van der Waals surface area contributed by atoms with Crippen molar-refractivity contribution >= 4 is 78.8 Å². The number of rotatable bonds is 6. The van der Waals surface area contributed by atoms with Crippen molar-refractivity contribution in [3.63, 3.8) is 0 Å². The number of halogens is 3. The van der Waals surface area contributed by atoms with Gasteiger partial charge in [0.25, 0.3) is 17.5 Å². The standard InChI is InChI=1S/C24H14Br2ClN3O6/c25-15-8-14(21(20(26)10-15)36-12-13-3-1-4-16(27)7-13)9-19-22(31)28-24(33)29(23(19)32)17-5-2-6-18(11-17)30(34)35/h1-11H,12H2,(H,28,31,33)/b19-9+. The molecule has 1 heterocycles. The number of hydrogen-bond acceptors (Lipinski definition) is 6. The summed E-state index contributed by atoms with van der Waals surface area (Å²) in [5.41, 5.74) is 0.426. The number of nitro groups is 1. The number of carbonyl (C=O) groups excluding carboxylic acids is 3. The van der Waals surface area contributed by atoms with Gasteiger partial charge in [-0.05, 0) is 57.9 Å². The van der Waals surface area contributed by atoms with Crippen LogP contribution in [0.25, 0.3) is 6.08 Å². The maximum absolute atomic E-state index is 13.3. The Kier molecular flexibility index (Phi) is 7.53. The number of urea groups is 1. The van der Waals surface area contributed by atoms with E-state index >= 15 is 0 Å². The highest BCUT2D eigenvalue weighted by molar-refractivity contribution is 9.11. The molecule has 4 rings (SSSR count). The minimum absolute atomic E-state index is 0.0575. The molecule has 3 aromatic carbocycles. The van der Waals surface area contributed by atoms with Gasteiger partial charge in [0.05, 0.1) is 15.1 Å². The Hall–Kier alpha value is -3.54. The Morgan fingerprint density at radius 2 is 1.81 bits per heavy atom. The second kappa shape index (κ2) is 10.6. The van der Waals surface area contributed by atoms with Gasteiger partial charge in [0.15, 0.2) is 0 Å². The average molecular weight is 636 g/mol. The number of nitrogens with one attached hydrogen (secondary N) is 1. The summed E-state index contributed by atoms with van der Waals surface area (Å²) in [7, 11) is 0. The van der Waals surface area contributed by atoms with Gasteiger partial charge >= 0.3 is 6.03 Å². The van der Waals surface area contributed by atoms with Crippen LogP contribution in [0.1, 0.15) is 11.1 Å². The first-order valence-electron chi connectivity index (χ1n) is 10.2. The van der Waals surface area contributed by atoms with Gasteiger partial charge in [-0.15, -0.1) is 0 Å². The Morgan fingerprint density at radius 3 is 2.53 bits per heavy atom. The SMILES string of the molecule is O=C1NC(=O)N(c2cccc([N+](=O)[O-])c2)C(=O)/C1=C/c1cc(Br)cc(Br)c1OCc1cccc(Cl)c1. The number of barbiturate groups is 1. The van der Waals surface area contributed by atoms with E-state index in [1.54, 1.807) is 30.3 Å². The van der Waals surface area contributed by atoms with Crippen molar-refractivity contribution < 1.29 is 24.0 Å². The molecule has 0 saturated carbocycles. The summed E-state index contributed by atoms with van der Waals surface area (Å²) in [5, 5.41) is 13.8. The zero-order valence-electron chi connectivity index (χ0n) is 18.0. The normalized spacial score (nSPS) is 14.7. The monoisotopic (exact) mass is 633 g/mol. The largest absolute Gasteiger partial charge is 0.487 e. The van der Waals surface area contributed by atoms with Crippen LogP contribution < -0.4 is 15.0 Å². The van der Waals surface area contributed by atoms with E-state index in [0.29, 0.717) is 30.2 Å². The van der Waals surface area contributed by atoms with Gasteiger partial charge < -0.3 is 4.74 Å². The topological polar surface area (TPSA) is 119 Å². The van der Waals surface area contributed by atoms with Crippen molar-refractivity contribution in [2.45, 2.75) is 6.61 Å². The van der Waals surface area contributed by atoms with Crippen LogP contribution in [0.15, 0.2) is 75.2 Å². The molecule has 0 spiro atoms. The van der Waals surface area contributed by atoms with Crippen LogP contribution in [0.4, 0.5) is 16.2 Å². The van der Waals surface area contributed by atoms with Crippen molar-refractivity contribution in [2.24, 2.45) is 0 Å². The summed E-state index contributed by atoms with van der Waals surface area (Å²) in [6.07, 6.45) is 1.29. The van der Waals surface area contributed by atoms with Crippen LogP contribution in [-0.4, -0.2) is 22.8 Å². The Morgan fingerprint density at radius 1 is 1.06 bits per heavy atom. The number of ether oxygens (including phenoxy) is 1.